The highest BCUT2D eigenvalue weighted by Crippen LogP contribution is 2.56. The molecular weight excluding hydrogens is 524 g/mol. The van der Waals surface area contributed by atoms with Gasteiger partial charge in [-0.3, -0.25) is 4.79 Å². The van der Waals surface area contributed by atoms with Gasteiger partial charge in [0.25, 0.3) is 6.47 Å². The zero-order chi connectivity index (χ0) is 28.7. The van der Waals surface area contributed by atoms with Gasteiger partial charge >= 0.3 is 6.18 Å². The number of aromatic nitrogens is 2. The Bertz CT molecular complexity index is 1540. The van der Waals surface area contributed by atoms with Crippen LogP contribution in [0.2, 0.25) is 0 Å². The molecule has 0 amide bonds. The van der Waals surface area contributed by atoms with Gasteiger partial charge in [-0.2, -0.15) is 13.2 Å². The van der Waals surface area contributed by atoms with E-state index in [9.17, 15) is 22.4 Å². The molecule has 210 valence electrons. The highest BCUT2D eigenvalue weighted by molar-refractivity contribution is 5.81. The molecule has 2 unspecified atom stereocenters. The number of ether oxygens (including phenoxy) is 2. The number of carbonyl (C=O) groups is 1. The second-order valence-corrected chi connectivity index (χ2v) is 11.2. The number of nitrogens with zero attached hydrogens (tertiary/aromatic N) is 2. The maximum Gasteiger partial charge on any atom is 0.416 e. The maximum atomic E-state index is 14.7. The molecule has 2 aliphatic carbocycles. The van der Waals surface area contributed by atoms with E-state index in [0.29, 0.717) is 34.7 Å². The highest BCUT2D eigenvalue weighted by Gasteiger charge is 2.45. The van der Waals surface area contributed by atoms with Crippen LogP contribution in [0, 0.1) is 11.7 Å². The van der Waals surface area contributed by atoms with Gasteiger partial charge in [0.1, 0.15) is 18.0 Å². The predicted molar refractivity (Wildman–Crippen MR) is 142 cm³/mol. The number of alkyl halides is 3. The molecule has 1 saturated carbocycles. The average Bonchev–Trinajstić information content (AvgIpc) is 3.40. The summed E-state index contributed by atoms with van der Waals surface area (Å²) in [6.07, 6.45) is 1.40. The van der Waals surface area contributed by atoms with E-state index in [4.69, 9.17) is 4.74 Å². The molecule has 0 saturated heterocycles. The van der Waals surface area contributed by atoms with E-state index >= 15 is 0 Å². The van der Waals surface area contributed by atoms with Crippen molar-refractivity contribution in [1.29, 1.82) is 0 Å². The molecule has 2 atom stereocenters. The molecule has 2 aromatic carbocycles. The molecule has 2 aromatic heterocycles. The Morgan fingerprint density at radius 3 is 2.55 bits per heavy atom. The fourth-order valence-electron chi connectivity index (χ4n) is 5.13. The molecule has 0 radical (unpaired) electrons. The van der Waals surface area contributed by atoms with Crippen molar-refractivity contribution in [3.8, 4) is 5.88 Å². The Balaban J connectivity index is 0.000000411. The predicted octanol–water partition coefficient (Wildman–Crippen LogP) is 7.44. The molecule has 0 bridgehead atoms. The molecule has 6 rings (SSSR count). The molecule has 9 heteroatoms. The van der Waals surface area contributed by atoms with E-state index in [2.05, 4.69) is 9.72 Å². The van der Waals surface area contributed by atoms with Crippen LogP contribution >= 0.6 is 0 Å². The lowest BCUT2D eigenvalue weighted by molar-refractivity contribution is -0.139. The van der Waals surface area contributed by atoms with Crippen LogP contribution in [0.4, 0.5) is 17.6 Å². The molecule has 4 aromatic rings. The standard InChI is InChI=1S/C26H20F4N2O.C5H10O2/c27-23-9-15-5-6-32(13-16-3-1-2-4-22(16)26(28,29)30)24(15)10-19(23)14-33-25-11-18-7-17-8-20(17)21(18)12-31-25;1-5(2,3)7-4-6/h1-6,9-12,17,20H,7-8,13-14H2;4H,1-3H3. The normalized spacial score (nSPS) is 17.5. The monoisotopic (exact) mass is 554 g/mol. The zero-order valence-electron chi connectivity index (χ0n) is 22.5. The fourth-order valence-corrected chi connectivity index (χ4v) is 5.13. The lowest BCUT2D eigenvalue weighted by Crippen LogP contribution is -2.17. The van der Waals surface area contributed by atoms with Crippen LogP contribution in [-0.4, -0.2) is 21.6 Å². The molecule has 40 heavy (non-hydrogen) atoms. The van der Waals surface area contributed by atoms with E-state index in [1.165, 1.54) is 35.7 Å². The van der Waals surface area contributed by atoms with Crippen LogP contribution in [0.15, 0.2) is 60.9 Å². The minimum atomic E-state index is -4.44. The Morgan fingerprint density at radius 1 is 1.07 bits per heavy atom. The third kappa shape index (κ3) is 6.13. The Morgan fingerprint density at radius 2 is 1.85 bits per heavy atom. The van der Waals surface area contributed by atoms with Gasteiger partial charge in [0.15, 0.2) is 0 Å². The minimum absolute atomic E-state index is 0.00919. The lowest BCUT2D eigenvalue weighted by Gasteiger charge is -2.14. The summed E-state index contributed by atoms with van der Waals surface area (Å²) in [5.74, 6) is 1.44. The SMILES string of the molecule is CC(C)(C)OC=O.Fc1cc2ccn(Cc3ccccc3C(F)(F)F)c2cc1COc1cc2c(cn1)C1CC1C2. The van der Waals surface area contributed by atoms with Crippen molar-refractivity contribution in [2.45, 2.75) is 64.5 Å². The van der Waals surface area contributed by atoms with Crippen molar-refractivity contribution in [2.24, 2.45) is 5.92 Å². The Kier molecular flexibility index (Phi) is 7.33. The first kappa shape index (κ1) is 27.7. The summed E-state index contributed by atoms with van der Waals surface area (Å²) < 4.78 is 66.9. The van der Waals surface area contributed by atoms with Crippen LogP contribution in [-0.2, 0) is 35.3 Å². The van der Waals surface area contributed by atoms with Crippen molar-refractivity contribution >= 4 is 17.4 Å². The topological polar surface area (TPSA) is 53.4 Å². The molecular formula is C31H30F4N2O3. The van der Waals surface area contributed by atoms with Crippen molar-refractivity contribution in [3.05, 3.63) is 94.6 Å². The second-order valence-electron chi connectivity index (χ2n) is 11.2. The molecule has 0 aliphatic heterocycles. The van der Waals surface area contributed by atoms with Crippen LogP contribution < -0.4 is 4.74 Å². The van der Waals surface area contributed by atoms with Crippen LogP contribution in [0.3, 0.4) is 0 Å². The molecule has 0 spiro atoms. The van der Waals surface area contributed by atoms with Crippen LogP contribution in [0.25, 0.3) is 10.9 Å². The number of fused-ring (bicyclic) bond motifs is 4. The number of hydrogen-bond donors (Lipinski definition) is 0. The average molecular weight is 555 g/mol. The van der Waals surface area contributed by atoms with Crippen molar-refractivity contribution in [2.75, 3.05) is 0 Å². The summed E-state index contributed by atoms with van der Waals surface area (Å²) in [4.78, 5) is 14.0. The van der Waals surface area contributed by atoms with Gasteiger partial charge in [-0.05, 0) is 86.4 Å². The molecule has 1 fully saturated rings. The van der Waals surface area contributed by atoms with Crippen molar-refractivity contribution < 1.29 is 31.8 Å². The number of halogens is 4. The molecule has 2 heterocycles. The van der Waals surface area contributed by atoms with Crippen molar-refractivity contribution in [1.82, 2.24) is 9.55 Å². The van der Waals surface area contributed by atoms with Crippen LogP contribution in [0.5, 0.6) is 5.88 Å². The first-order valence-electron chi connectivity index (χ1n) is 13.1. The minimum Gasteiger partial charge on any atom is -0.473 e. The van der Waals surface area contributed by atoms with E-state index in [-0.39, 0.29) is 24.3 Å². The molecule has 2 aliphatic rings. The quantitative estimate of drug-likeness (QED) is 0.184. The second kappa shape index (κ2) is 10.6. The van der Waals surface area contributed by atoms with Crippen LogP contribution in [0.1, 0.15) is 60.9 Å². The smallest absolute Gasteiger partial charge is 0.416 e. The summed E-state index contributed by atoms with van der Waals surface area (Å²) >= 11 is 0. The summed E-state index contributed by atoms with van der Waals surface area (Å²) in [5, 5.41) is 0.621. The zero-order valence-corrected chi connectivity index (χ0v) is 22.5. The number of pyridine rings is 1. The Hall–Kier alpha value is -3.88. The lowest BCUT2D eigenvalue weighted by atomic mass is 10.1. The molecule has 0 N–H and O–H groups in total. The summed E-state index contributed by atoms with van der Waals surface area (Å²) in [6.45, 7) is 5.94. The number of hydrogen-bond acceptors (Lipinski definition) is 4. The largest absolute Gasteiger partial charge is 0.473 e. The highest BCUT2D eigenvalue weighted by atomic mass is 19.4. The van der Waals surface area contributed by atoms with Gasteiger partial charge in [-0.1, -0.05) is 18.2 Å². The number of rotatable bonds is 6. The van der Waals surface area contributed by atoms with E-state index in [1.54, 1.807) is 29.0 Å². The third-order valence-corrected chi connectivity index (χ3v) is 7.18. The number of benzene rings is 2. The first-order chi connectivity index (χ1) is 18.9. The number of carbonyl (C=O) groups excluding carboxylic acids is 1. The summed E-state index contributed by atoms with van der Waals surface area (Å²) in [6, 6.07) is 12.2. The third-order valence-electron chi connectivity index (χ3n) is 7.18. The van der Waals surface area contributed by atoms with E-state index < -0.39 is 17.6 Å². The van der Waals surface area contributed by atoms with Gasteiger partial charge in [0.2, 0.25) is 5.88 Å². The van der Waals surface area contributed by atoms with E-state index in [0.717, 1.165) is 18.4 Å². The van der Waals surface area contributed by atoms with Gasteiger partial charge in [0, 0.05) is 41.5 Å². The van der Waals surface area contributed by atoms with Gasteiger partial charge in [-0.25, -0.2) is 9.37 Å². The van der Waals surface area contributed by atoms with Gasteiger partial charge in [-0.15, -0.1) is 0 Å². The fraction of sp³-hybridized carbons (Fsp3) is 0.355. The molecule has 5 nitrogen and oxygen atoms in total. The van der Waals surface area contributed by atoms with Crippen molar-refractivity contribution in [3.63, 3.8) is 0 Å². The first-order valence-corrected chi connectivity index (χ1v) is 13.1. The van der Waals surface area contributed by atoms with Gasteiger partial charge < -0.3 is 14.0 Å². The van der Waals surface area contributed by atoms with E-state index in [1.807, 2.05) is 33.0 Å². The summed E-state index contributed by atoms with van der Waals surface area (Å²) in [7, 11) is 0. The maximum absolute atomic E-state index is 14.7. The Labute approximate surface area is 229 Å². The summed E-state index contributed by atoms with van der Waals surface area (Å²) in [5.41, 5.74) is 2.71. The van der Waals surface area contributed by atoms with Gasteiger partial charge in [0.05, 0.1) is 5.56 Å².